The zero-order valence-corrected chi connectivity index (χ0v) is 18.4. The van der Waals surface area contributed by atoms with E-state index in [9.17, 15) is 0 Å². The molecular formula is C25H25N5S. The largest absolute Gasteiger partial charge is 0.295 e. The summed E-state index contributed by atoms with van der Waals surface area (Å²) >= 11 is 5.90. The lowest BCUT2D eigenvalue weighted by molar-refractivity contribution is 0.182. The van der Waals surface area contributed by atoms with E-state index in [4.69, 9.17) is 17.3 Å². The van der Waals surface area contributed by atoms with Crippen molar-refractivity contribution in [3.05, 3.63) is 101 Å². The van der Waals surface area contributed by atoms with Crippen LogP contribution in [0, 0.1) is 4.77 Å². The molecule has 5 nitrogen and oxygen atoms in total. The number of nitrogens with zero attached hydrogens (tertiary/aromatic N) is 5. The molecule has 1 atom stereocenters. The SMILES string of the molecule is CN(Cn1nc(-c2cccnc2)n(Cc2ccccc2)c1=S)C1CCc2ccccc21. The first kappa shape index (κ1) is 19.8. The third-order valence-electron chi connectivity index (χ3n) is 6.02. The molecule has 1 aliphatic carbocycles. The van der Waals surface area contributed by atoms with Gasteiger partial charge >= 0.3 is 0 Å². The third-order valence-corrected chi connectivity index (χ3v) is 6.45. The minimum absolute atomic E-state index is 0.388. The molecule has 156 valence electrons. The van der Waals surface area contributed by atoms with Crippen molar-refractivity contribution in [3.8, 4) is 11.4 Å². The van der Waals surface area contributed by atoms with E-state index in [1.54, 1.807) is 6.20 Å². The molecule has 1 aliphatic rings. The van der Waals surface area contributed by atoms with Gasteiger partial charge in [-0.2, -0.15) is 5.10 Å². The smallest absolute Gasteiger partial charge is 0.199 e. The van der Waals surface area contributed by atoms with Gasteiger partial charge in [0, 0.05) is 24.0 Å². The predicted molar refractivity (Wildman–Crippen MR) is 125 cm³/mol. The van der Waals surface area contributed by atoms with Crippen LogP contribution in [-0.2, 0) is 19.6 Å². The van der Waals surface area contributed by atoms with E-state index < -0.39 is 0 Å². The number of rotatable bonds is 6. The van der Waals surface area contributed by atoms with Crippen LogP contribution in [0.4, 0.5) is 0 Å². The summed E-state index contributed by atoms with van der Waals surface area (Å²) in [6.07, 6.45) is 5.88. The molecule has 0 saturated carbocycles. The van der Waals surface area contributed by atoms with E-state index in [1.165, 1.54) is 16.7 Å². The zero-order chi connectivity index (χ0) is 21.2. The van der Waals surface area contributed by atoms with Gasteiger partial charge in [-0.15, -0.1) is 0 Å². The average Bonchev–Trinajstić information content (AvgIpc) is 3.37. The first-order valence-corrected chi connectivity index (χ1v) is 11.0. The summed E-state index contributed by atoms with van der Waals surface area (Å²) in [6, 6.07) is 23.5. The molecule has 5 rings (SSSR count). The van der Waals surface area contributed by atoms with Crippen molar-refractivity contribution in [2.24, 2.45) is 0 Å². The van der Waals surface area contributed by atoms with Gasteiger partial charge in [0.2, 0.25) is 0 Å². The lowest BCUT2D eigenvalue weighted by atomic mass is 10.1. The van der Waals surface area contributed by atoms with Crippen LogP contribution in [-0.4, -0.2) is 31.3 Å². The molecule has 2 heterocycles. The summed E-state index contributed by atoms with van der Waals surface area (Å²) in [5, 5.41) is 4.94. The molecule has 0 fully saturated rings. The van der Waals surface area contributed by atoms with Crippen LogP contribution in [0.1, 0.15) is 29.2 Å². The highest BCUT2D eigenvalue weighted by Crippen LogP contribution is 2.35. The molecule has 31 heavy (non-hydrogen) atoms. The van der Waals surface area contributed by atoms with Gasteiger partial charge in [-0.3, -0.25) is 14.5 Å². The molecule has 0 saturated heterocycles. The van der Waals surface area contributed by atoms with Crippen molar-refractivity contribution in [3.63, 3.8) is 0 Å². The Labute approximate surface area is 187 Å². The number of hydrogen-bond donors (Lipinski definition) is 0. The van der Waals surface area contributed by atoms with Gasteiger partial charge in [0.1, 0.15) is 0 Å². The van der Waals surface area contributed by atoms with Crippen LogP contribution in [0.15, 0.2) is 79.1 Å². The summed E-state index contributed by atoms with van der Waals surface area (Å²) in [6.45, 7) is 1.33. The Morgan fingerprint density at radius 1 is 1.03 bits per heavy atom. The predicted octanol–water partition coefficient (Wildman–Crippen LogP) is 5.10. The monoisotopic (exact) mass is 427 g/mol. The Kier molecular flexibility index (Phi) is 5.49. The van der Waals surface area contributed by atoms with E-state index in [0.717, 1.165) is 29.0 Å². The number of hydrogen-bond acceptors (Lipinski definition) is 4. The maximum absolute atomic E-state index is 5.90. The fourth-order valence-corrected chi connectivity index (χ4v) is 4.70. The van der Waals surface area contributed by atoms with Gasteiger partial charge in [0.25, 0.3) is 0 Å². The molecule has 2 aromatic carbocycles. The summed E-state index contributed by atoms with van der Waals surface area (Å²) in [5.74, 6) is 0.849. The van der Waals surface area contributed by atoms with E-state index in [2.05, 4.69) is 70.0 Å². The van der Waals surface area contributed by atoms with Crippen molar-refractivity contribution in [2.45, 2.75) is 32.1 Å². The van der Waals surface area contributed by atoms with Crippen molar-refractivity contribution in [2.75, 3.05) is 7.05 Å². The highest BCUT2D eigenvalue weighted by atomic mass is 32.1. The Balaban J connectivity index is 1.49. The quantitative estimate of drug-likeness (QED) is 0.401. The van der Waals surface area contributed by atoms with Gasteiger partial charge in [0.05, 0.1) is 13.2 Å². The van der Waals surface area contributed by atoms with Crippen LogP contribution in [0.25, 0.3) is 11.4 Å². The van der Waals surface area contributed by atoms with Crippen molar-refractivity contribution in [1.82, 2.24) is 24.2 Å². The second kappa shape index (κ2) is 8.57. The number of benzene rings is 2. The van der Waals surface area contributed by atoms with E-state index >= 15 is 0 Å². The highest BCUT2D eigenvalue weighted by molar-refractivity contribution is 7.71. The fourth-order valence-electron chi connectivity index (χ4n) is 4.45. The molecule has 1 unspecified atom stereocenters. The van der Waals surface area contributed by atoms with Gasteiger partial charge in [-0.1, -0.05) is 54.6 Å². The Morgan fingerprint density at radius 2 is 1.84 bits per heavy atom. The molecule has 0 aliphatic heterocycles. The number of aryl methyl sites for hydroxylation is 1. The van der Waals surface area contributed by atoms with Gasteiger partial charge in [0.15, 0.2) is 10.6 Å². The second-order valence-corrected chi connectivity index (χ2v) is 8.44. The second-order valence-electron chi connectivity index (χ2n) is 8.07. The molecule has 0 bridgehead atoms. The van der Waals surface area contributed by atoms with Gasteiger partial charge in [-0.25, -0.2) is 4.68 Å². The normalized spacial score (nSPS) is 15.4. The van der Waals surface area contributed by atoms with Crippen molar-refractivity contribution < 1.29 is 0 Å². The number of pyridine rings is 1. The molecule has 2 aromatic heterocycles. The van der Waals surface area contributed by atoms with E-state index in [-0.39, 0.29) is 0 Å². The average molecular weight is 428 g/mol. The first-order valence-electron chi connectivity index (χ1n) is 10.6. The van der Waals surface area contributed by atoms with Crippen LogP contribution >= 0.6 is 12.2 Å². The Morgan fingerprint density at radius 3 is 2.65 bits per heavy atom. The summed E-state index contributed by atoms with van der Waals surface area (Å²) in [5.41, 5.74) is 5.04. The van der Waals surface area contributed by atoms with Crippen LogP contribution in [0.5, 0.6) is 0 Å². The maximum atomic E-state index is 5.90. The number of fused-ring (bicyclic) bond motifs is 1. The van der Waals surface area contributed by atoms with E-state index in [0.29, 0.717) is 19.3 Å². The van der Waals surface area contributed by atoms with Crippen LogP contribution < -0.4 is 0 Å². The fraction of sp³-hybridized carbons (Fsp3) is 0.240. The molecule has 0 spiro atoms. The molecule has 0 amide bonds. The van der Waals surface area contributed by atoms with Crippen LogP contribution in [0.3, 0.4) is 0 Å². The maximum Gasteiger partial charge on any atom is 0.199 e. The van der Waals surface area contributed by atoms with Crippen molar-refractivity contribution in [1.29, 1.82) is 0 Å². The minimum Gasteiger partial charge on any atom is -0.295 e. The third kappa shape index (κ3) is 3.96. The van der Waals surface area contributed by atoms with Gasteiger partial charge < -0.3 is 0 Å². The minimum atomic E-state index is 0.388. The summed E-state index contributed by atoms with van der Waals surface area (Å²) in [7, 11) is 2.16. The van der Waals surface area contributed by atoms with Gasteiger partial charge in [-0.05, 0) is 60.9 Å². The Bertz CT molecular complexity index is 1230. The molecule has 0 N–H and O–H groups in total. The molecular weight excluding hydrogens is 402 g/mol. The molecule has 6 heteroatoms. The highest BCUT2D eigenvalue weighted by Gasteiger charge is 2.26. The molecule has 0 radical (unpaired) electrons. The summed E-state index contributed by atoms with van der Waals surface area (Å²) < 4.78 is 4.78. The van der Waals surface area contributed by atoms with Crippen molar-refractivity contribution >= 4 is 12.2 Å². The lowest BCUT2D eigenvalue weighted by Gasteiger charge is -2.24. The topological polar surface area (TPSA) is 38.9 Å². The van der Waals surface area contributed by atoms with E-state index in [1.807, 2.05) is 29.1 Å². The standard InChI is InChI=1S/C25H25N5S/c1-28(23-14-13-20-10-5-6-12-22(20)23)18-30-25(31)29(17-19-8-3-2-4-9-19)24(27-30)21-11-7-15-26-16-21/h2-12,15-16,23H,13-14,17-18H2,1H3. The zero-order valence-electron chi connectivity index (χ0n) is 17.6. The molecule has 4 aromatic rings. The number of aromatic nitrogens is 4. The summed E-state index contributed by atoms with van der Waals surface area (Å²) in [4.78, 5) is 6.65. The lowest BCUT2D eigenvalue weighted by Crippen LogP contribution is -2.26. The van der Waals surface area contributed by atoms with Crippen LogP contribution in [0.2, 0.25) is 0 Å². The first-order chi connectivity index (χ1) is 15.2. The Hall–Kier alpha value is -3.09.